The molecular formula is C23H27BrN6. The van der Waals surface area contributed by atoms with E-state index in [4.69, 9.17) is 0 Å². The Morgan fingerprint density at radius 2 is 1.97 bits per heavy atom. The van der Waals surface area contributed by atoms with Crippen LogP contribution in [0.2, 0.25) is 0 Å². The van der Waals surface area contributed by atoms with Crippen LogP contribution in [-0.2, 0) is 0 Å². The molecule has 3 aromatic rings. The molecule has 3 heterocycles. The lowest BCUT2D eigenvalue weighted by Crippen LogP contribution is -2.48. The van der Waals surface area contributed by atoms with Crippen molar-refractivity contribution in [3.63, 3.8) is 0 Å². The number of halogens is 1. The van der Waals surface area contributed by atoms with Crippen LogP contribution in [0, 0.1) is 6.92 Å². The first kappa shape index (κ1) is 20.8. The van der Waals surface area contributed by atoms with E-state index in [1.165, 1.54) is 24.9 Å². The molecule has 1 aliphatic rings. The summed E-state index contributed by atoms with van der Waals surface area (Å²) in [6.45, 7) is 6.26. The van der Waals surface area contributed by atoms with Crippen LogP contribution in [0.25, 0.3) is 11.4 Å². The summed E-state index contributed by atoms with van der Waals surface area (Å²) in [5, 5.41) is 6.95. The molecule has 0 spiro atoms. The van der Waals surface area contributed by atoms with Crippen molar-refractivity contribution >= 4 is 33.3 Å². The molecule has 0 radical (unpaired) electrons. The minimum absolute atomic E-state index is 0.418. The number of hydrogen-bond acceptors (Lipinski definition) is 6. The summed E-state index contributed by atoms with van der Waals surface area (Å²) >= 11 is 3.54. The number of hydrogen-bond donors (Lipinski definition) is 2. The maximum atomic E-state index is 4.67. The number of aryl methyl sites for hydroxylation is 1. The van der Waals surface area contributed by atoms with E-state index in [0.29, 0.717) is 12.1 Å². The van der Waals surface area contributed by atoms with E-state index in [2.05, 4.69) is 77.6 Å². The first-order valence-electron chi connectivity index (χ1n) is 10.5. The Labute approximate surface area is 186 Å². The van der Waals surface area contributed by atoms with Crippen molar-refractivity contribution in [2.75, 3.05) is 23.3 Å². The summed E-state index contributed by atoms with van der Waals surface area (Å²) in [4.78, 5) is 16.1. The average Bonchev–Trinajstić information content (AvgIpc) is 2.77. The molecule has 4 rings (SSSR count). The van der Waals surface area contributed by atoms with E-state index >= 15 is 0 Å². The maximum absolute atomic E-state index is 4.67. The fourth-order valence-electron chi connectivity index (χ4n) is 3.83. The number of benzene rings is 1. The molecule has 0 amide bonds. The predicted molar refractivity (Wildman–Crippen MR) is 126 cm³/mol. The van der Waals surface area contributed by atoms with E-state index in [0.717, 1.165) is 40.3 Å². The number of piperidine rings is 1. The molecule has 1 aromatic carbocycles. The van der Waals surface area contributed by atoms with Crippen LogP contribution in [0.3, 0.4) is 0 Å². The molecule has 1 aliphatic heterocycles. The molecule has 30 heavy (non-hydrogen) atoms. The van der Waals surface area contributed by atoms with E-state index in [1.807, 2.05) is 25.1 Å². The lowest BCUT2D eigenvalue weighted by molar-refractivity contribution is 0.388. The van der Waals surface area contributed by atoms with Crippen LogP contribution < -0.4 is 15.5 Å². The van der Waals surface area contributed by atoms with Gasteiger partial charge in [-0.2, -0.15) is 0 Å². The summed E-state index contributed by atoms with van der Waals surface area (Å²) in [7, 11) is 0. The van der Waals surface area contributed by atoms with Crippen molar-refractivity contribution in [2.24, 2.45) is 0 Å². The molecule has 1 saturated heterocycles. The summed E-state index contributed by atoms with van der Waals surface area (Å²) < 4.78 is 0.820. The van der Waals surface area contributed by atoms with Gasteiger partial charge in [0.2, 0.25) is 5.95 Å². The molecule has 0 aliphatic carbocycles. The van der Waals surface area contributed by atoms with Gasteiger partial charge in [0, 0.05) is 29.8 Å². The van der Waals surface area contributed by atoms with Crippen LogP contribution >= 0.6 is 15.9 Å². The third-order valence-corrected chi connectivity index (χ3v) is 5.91. The van der Waals surface area contributed by atoms with Crippen LogP contribution in [-0.4, -0.2) is 34.2 Å². The predicted octanol–water partition coefficient (Wildman–Crippen LogP) is 5.28. The van der Waals surface area contributed by atoms with Crippen molar-refractivity contribution in [1.82, 2.24) is 20.3 Å². The first-order valence-corrected chi connectivity index (χ1v) is 11.3. The second kappa shape index (κ2) is 9.53. The van der Waals surface area contributed by atoms with Gasteiger partial charge < -0.3 is 10.2 Å². The molecule has 1 fully saturated rings. The Balaban J connectivity index is 1.51. The van der Waals surface area contributed by atoms with Crippen molar-refractivity contribution < 1.29 is 0 Å². The van der Waals surface area contributed by atoms with Gasteiger partial charge >= 0.3 is 0 Å². The van der Waals surface area contributed by atoms with E-state index in [-0.39, 0.29) is 0 Å². The molecule has 2 N–H and O–H groups in total. The molecule has 0 saturated carbocycles. The monoisotopic (exact) mass is 466 g/mol. The van der Waals surface area contributed by atoms with Crippen LogP contribution in [0.1, 0.15) is 31.9 Å². The quantitative estimate of drug-likeness (QED) is 0.515. The van der Waals surface area contributed by atoms with Crippen LogP contribution in [0.4, 0.5) is 17.3 Å². The lowest BCUT2D eigenvalue weighted by atomic mass is 10.1. The smallest absolute Gasteiger partial charge is 0.227 e. The Bertz CT molecular complexity index is 985. The van der Waals surface area contributed by atoms with Crippen molar-refractivity contribution in [2.45, 2.75) is 39.3 Å². The van der Waals surface area contributed by atoms with E-state index in [9.17, 15) is 0 Å². The largest absolute Gasteiger partial charge is 0.356 e. The zero-order valence-electron chi connectivity index (χ0n) is 17.4. The fraction of sp³-hybridized carbons (Fsp3) is 0.348. The first-order chi connectivity index (χ1) is 14.6. The molecule has 7 heteroatoms. The lowest BCUT2D eigenvalue weighted by Gasteiger charge is -2.36. The molecule has 6 nitrogen and oxygen atoms in total. The minimum Gasteiger partial charge on any atom is -0.356 e. The summed E-state index contributed by atoms with van der Waals surface area (Å²) in [6, 6.07) is 14.4. The summed E-state index contributed by atoms with van der Waals surface area (Å²) in [5.41, 5.74) is 4.73. The third kappa shape index (κ3) is 4.79. The van der Waals surface area contributed by atoms with Gasteiger partial charge in [0.25, 0.3) is 0 Å². The highest BCUT2D eigenvalue weighted by atomic mass is 79.9. The SMILES string of the molecule is CCN(c1ccc(Nc2ncc(Br)c(-c3cccc(C)n3)n2)cc1)C1CCCCN1. The average molecular weight is 467 g/mol. The topological polar surface area (TPSA) is 66.0 Å². The number of nitrogens with one attached hydrogen (secondary N) is 2. The maximum Gasteiger partial charge on any atom is 0.227 e. The number of pyridine rings is 1. The van der Waals surface area contributed by atoms with Gasteiger partial charge in [0.1, 0.15) is 5.69 Å². The van der Waals surface area contributed by atoms with Crippen molar-refractivity contribution in [3.8, 4) is 11.4 Å². The van der Waals surface area contributed by atoms with Crippen LogP contribution in [0.5, 0.6) is 0 Å². The highest BCUT2D eigenvalue weighted by Gasteiger charge is 2.19. The van der Waals surface area contributed by atoms with Crippen LogP contribution in [0.15, 0.2) is 53.1 Å². The Morgan fingerprint density at radius 3 is 2.67 bits per heavy atom. The van der Waals surface area contributed by atoms with Gasteiger partial charge in [-0.05, 0) is 92.0 Å². The van der Waals surface area contributed by atoms with Gasteiger partial charge in [-0.15, -0.1) is 0 Å². The molecular weight excluding hydrogens is 440 g/mol. The number of aromatic nitrogens is 3. The van der Waals surface area contributed by atoms with E-state index in [1.54, 1.807) is 6.20 Å². The Morgan fingerprint density at radius 1 is 1.13 bits per heavy atom. The molecule has 1 unspecified atom stereocenters. The normalized spacial score (nSPS) is 16.3. The molecule has 0 bridgehead atoms. The van der Waals surface area contributed by atoms with Gasteiger partial charge in [0.05, 0.1) is 16.3 Å². The van der Waals surface area contributed by atoms with E-state index < -0.39 is 0 Å². The minimum atomic E-state index is 0.418. The summed E-state index contributed by atoms with van der Waals surface area (Å²) in [6.07, 6.45) is 5.92. The molecule has 156 valence electrons. The second-order valence-electron chi connectivity index (χ2n) is 7.48. The Kier molecular flexibility index (Phi) is 6.59. The zero-order chi connectivity index (χ0) is 20.9. The fourth-order valence-corrected chi connectivity index (χ4v) is 4.22. The number of rotatable bonds is 6. The zero-order valence-corrected chi connectivity index (χ0v) is 19.0. The third-order valence-electron chi connectivity index (χ3n) is 5.33. The standard InChI is InChI=1S/C23H27BrN6/c1-3-30(21-9-4-5-14-25-21)18-12-10-17(11-13-18)28-23-26-15-19(24)22(29-23)20-8-6-7-16(2)27-20/h6-8,10-13,15,21,25H,3-5,9,14H2,1-2H3,(H,26,28,29). The number of anilines is 3. The molecule has 2 aromatic heterocycles. The second-order valence-corrected chi connectivity index (χ2v) is 8.33. The van der Waals surface area contributed by atoms with Gasteiger partial charge in [-0.25, -0.2) is 9.97 Å². The Hall–Kier alpha value is -2.51. The summed E-state index contributed by atoms with van der Waals surface area (Å²) in [5.74, 6) is 0.547. The molecule has 1 atom stereocenters. The van der Waals surface area contributed by atoms with Gasteiger partial charge in [-0.3, -0.25) is 10.3 Å². The number of nitrogens with zero attached hydrogens (tertiary/aromatic N) is 4. The van der Waals surface area contributed by atoms with Gasteiger partial charge in [-0.1, -0.05) is 6.07 Å². The van der Waals surface area contributed by atoms with Gasteiger partial charge in [0.15, 0.2) is 0 Å². The highest BCUT2D eigenvalue weighted by Crippen LogP contribution is 2.27. The van der Waals surface area contributed by atoms with Crippen molar-refractivity contribution in [1.29, 1.82) is 0 Å². The van der Waals surface area contributed by atoms with Crippen molar-refractivity contribution in [3.05, 3.63) is 58.8 Å². The highest BCUT2D eigenvalue weighted by molar-refractivity contribution is 9.10.